The van der Waals surface area contributed by atoms with E-state index in [9.17, 15) is 14.7 Å². The monoisotopic (exact) mass is 549 g/mol. The Kier molecular flexibility index (Phi) is 10.4. The second kappa shape index (κ2) is 14.4. The molecule has 0 saturated carbocycles. The van der Waals surface area contributed by atoms with Gasteiger partial charge in [0.25, 0.3) is 0 Å². The summed E-state index contributed by atoms with van der Waals surface area (Å²) in [5.41, 5.74) is 11.0. The number of aryl methyl sites for hydroxylation is 1. The summed E-state index contributed by atoms with van der Waals surface area (Å²) in [5, 5.41) is 16.3. The van der Waals surface area contributed by atoms with Crippen molar-refractivity contribution in [3.05, 3.63) is 143 Å². The molecule has 2 atom stereocenters. The minimum atomic E-state index is -1.05. The fraction of sp³-hybridized carbons (Fsp3) is 0.257. The molecular formula is C35H39N3O3. The quantitative estimate of drug-likeness (QED) is 0.128. The molecule has 4 aromatic rings. The number of amides is 1. The van der Waals surface area contributed by atoms with Crippen LogP contribution >= 0.6 is 0 Å². The fourth-order valence-corrected chi connectivity index (χ4v) is 5.23. The van der Waals surface area contributed by atoms with E-state index < -0.39 is 29.5 Å². The Morgan fingerprint density at radius 1 is 0.756 bits per heavy atom. The van der Waals surface area contributed by atoms with Gasteiger partial charge in [-0.3, -0.25) is 10.1 Å². The first-order valence-corrected chi connectivity index (χ1v) is 14.2. The molecule has 6 nitrogen and oxygen atoms in total. The Morgan fingerprint density at radius 3 is 1.80 bits per heavy atom. The van der Waals surface area contributed by atoms with Crippen LogP contribution in [-0.2, 0) is 21.5 Å². The van der Waals surface area contributed by atoms with Crippen molar-refractivity contribution < 1.29 is 14.7 Å². The molecule has 212 valence electrons. The van der Waals surface area contributed by atoms with E-state index in [4.69, 9.17) is 5.73 Å². The largest absolute Gasteiger partial charge is 0.480 e. The van der Waals surface area contributed by atoms with Crippen molar-refractivity contribution in [1.82, 2.24) is 10.6 Å². The molecule has 1 amide bonds. The molecule has 4 aromatic carbocycles. The zero-order valence-electron chi connectivity index (χ0n) is 23.5. The summed E-state index contributed by atoms with van der Waals surface area (Å²) in [6, 6.07) is 37.0. The van der Waals surface area contributed by atoms with E-state index in [-0.39, 0.29) is 0 Å². The maximum absolute atomic E-state index is 12.7. The van der Waals surface area contributed by atoms with Crippen LogP contribution in [0.3, 0.4) is 0 Å². The Labute approximate surface area is 242 Å². The van der Waals surface area contributed by atoms with Crippen molar-refractivity contribution in [2.24, 2.45) is 5.73 Å². The molecule has 0 fully saturated rings. The van der Waals surface area contributed by atoms with Gasteiger partial charge in [0.1, 0.15) is 6.04 Å². The Bertz CT molecular complexity index is 1340. The second-order valence-corrected chi connectivity index (χ2v) is 10.5. The highest BCUT2D eigenvalue weighted by atomic mass is 16.4. The van der Waals surface area contributed by atoms with Crippen LogP contribution in [0.5, 0.6) is 0 Å². The van der Waals surface area contributed by atoms with Crippen LogP contribution < -0.4 is 16.4 Å². The first kappa shape index (κ1) is 29.7. The number of unbranched alkanes of at least 4 members (excludes halogenated alkanes) is 1. The standard InChI is InChI=1S/C35H39N3O3/c1-26-20-22-30(23-21-26)35(28-15-7-3-8-16-28,29-17-9-4-10-18-29)37-24-12-11-19-32(34(40)41)38-33(39)31(36)25-27-13-5-2-6-14-27/h2-10,13-18,20-23,31-32,37H,11-12,19,24-25,36H2,1H3,(H,38,39)(H,40,41)/t31-,32-/m0/s1. The van der Waals surface area contributed by atoms with Crippen LogP contribution in [0.15, 0.2) is 115 Å². The molecule has 0 aliphatic carbocycles. The van der Waals surface area contributed by atoms with Crippen LogP contribution in [-0.4, -0.2) is 35.6 Å². The lowest BCUT2D eigenvalue weighted by Crippen LogP contribution is -2.49. The third-order valence-corrected chi connectivity index (χ3v) is 7.46. The number of carbonyl (C=O) groups excluding carboxylic acids is 1. The van der Waals surface area contributed by atoms with Crippen molar-refractivity contribution >= 4 is 11.9 Å². The first-order valence-electron chi connectivity index (χ1n) is 14.2. The number of nitrogens with two attached hydrogens (primary N) is 1. The van der Waals surface area contributed by atoms with Crippen LogP contribution in [0.25, 0.3) is 0 Å². The van der Waals surface area contributed by atoms with Gasteiger partial charge in [0.05, 0.1) is 11.6 Å². The molecule has 5 N–H and O–H groups in total. The molecule has 0 aliphatic rings. The summed E-state index contributed by atoms with van der Waals surface area (Å²) in [6.07, 6.45) is 2.01. The Balaban J connectivity index is 1.44. The maximum atomic E-state index is 12.7. The van der Waals surface area contributed by atoms with E-state index in [2.05, 4.69) is 66.1 Å². The molecule has 0 radical (unpaired) electrons. The van der Waals surface area contributed by atoms with Crippen molar-refractivity contribution in [3.63, 3.8) is 0 Å². The van der Waals surface area contributed by atoms with Crippen LogP contribution in [0.1, 0.15) is 47.1 Å². The molecule has 41 heavy (non-hydrogen) atoms. The van der Waals surface area contributed by atoms with E-state index in [0.717, 1.165) is 28.7 Å². The topological polar surface area (TPSA) is 104 Å². The SMILES string of the molecule is Cc1ccc(C(NCCCC[C@H](NC(=O)[C@@H](N)Cc2ccccc2)C(=O)O)(c2ccccc2)c2ccccc2)cc1. The molecule has 0 bridgehead atoms. The molecule has 0 aliphatic heterocycles. The van der Waals surface area contributed by atoms with Gasteiger partial charge in [-0.25, -0.2) is 4.79 Å². The van der Waals surface area contributed by atoms with Gasteiger partial charge >= 0.3 is 5.97 Å². The zero-order chi connectivity index (χ0) is 29.1. The number of rotatable bonds is 14. The van der Waals surface area contributed by atoms with Gasteiger partial charge in [-0.05, 0) is 61.4 Å². The van der Waals surface area contributed by atoms with Gasteiger partial charge in [-0.2, -0.15) is 0 Å². The molecule has 0 spiro atoms. The number of benzene rings is 4. The molecule has 0 saturated heterocycles. The van der Waals surface area contributed by atoms with Crippen LogP contribution in [0.4, 0.5) is 0 Å². The lowest BCUT2D eigenvalue weighted by Gasteiger charge is -2.37. The zero-order valence-corrected chi connectivity index (χ0v) is 23.5. The molecule has 4 rings (SSSR count). The molecule has 0 heterocycles. The van der Waals surface area contributed by atoms with Crippen LogP contribution in [0, 0.1) is 6.92 Å². The average molecular weight is 550 g/mol. The van der Waals surface area contributed by atoms with Gasteiger partial charge < -0.3 is 16.2 Å². The van der Waals surface area contributed by atoms with Crippen molar-refractivity contribution in [2.45, 2.75) is 50.2 Å². The highest BCUT2D eigenvalue weighted by Crippen LogP contribution is 2.37. The summed E-state index contributed by atoms with van der Waals surface area (Å²) in [4.78, 5) is 24.6. The summed E-state index contributed by atoms with van der Waals surface area (Å²) in [7, 11) is 0. The third kappa shape index (κ3) is 7.69. The summed E-state index contributed by atoms with van der Waals surface area (Å²) in [6.45, 7) is 2.72. The summed E-state index contributed by atoms with van der Waals surface area (Å²) >= 11 is 0. The summed E-state index contributed by atoms with van der Waals surface area (Å²) < 4.78 is 0. The van der Waals surface area contributed by atoms with Gasteiger partial charge in [0.2, 0.25) is 5.91 Å². The van der Waals surface area contributed by atoms with E-state index in [1.54, 1.807) is 0 Å². The lowest BCUT2D eigenvalue weighted by molar-refractivity contribution is -0.142. The van der Waals surface area contributed by atoms with Gasteiger partial charge in [-0.15, -0.1) is 0 Å². The second-order valence-electron chi connectivity index (χ2n) is 10.5. The van der Waals surface area contributed by atoms with E-state index >= 15 is 0 Å². The van der Waals surface area contributed by atoms with Crippen molar-refractivity contribution in [2.75, 3.05) is 6.54 Å². The predicted octanol–water partition coefficient (Wildman–Crippen LogP) is 5.19. The fourth-order valence-electron chi connectivity index (χ4n) is 5.23. The number of carboxylic acid groups (broad SMARTS) is 1. The molecule has 0 unspecified atom stereocenters. The smallest absolute Gasteiger partial charge is 0.326 e. The van der Waals surface area contributed by atoms with E-state index in [1.807, 2.05) is 66.7 Å². The lowest BCUT2D eigenvalue weighted by atomic mass is 9.76. The minimum absolute atomic E-state index is 0.314. The number of nitrogens with one attached hydrogen (secondary N) is 2. The number of aliphatic carboxylic acids is 1. The van der Waals surface area contributed by atoms with Gasteiger partial charge in [0, 0.05) is 0 Å². The third-order valence-electron chi connectivity index (χ3n) is 7.46. The van der Waals surface area contributed by atoms with E-state index in [0.29, 0.717) is 25.8 Å². The molecule has 6 heteroatoms. The van der Waals surface area contributed by atoms with Crippen molar-refractivity contribution in [1.29, 1.82) is 0 Å². The maximum Gasteiger partial charge on any atom is 0.326 e. The van der Waals surface area contributed by atoms with E-state index in [1.165, 1.54) is 5.56 Å². The minimum Gasteiger partial charge on any atom is -0.480 e. The number of hydrogen-bond donors (Lipinski definition) is 4. The number of carboxylic acids is 1. The average Bonchev–Trinajstić information content (AvgIpc) is 3.00. The highest BCUT2D eigenvalue weighted by Gasteiger charge is 2.35. The predicted molar refractivity (Wildman–Crippen MR) is 163 cm³/mol. The normalized spacial score (nSPS) is 12.8. The van der Waals surface area contributed by atoms with Crippen molar-refractivity contribution in [3.8, 4) is 0 Å². The number of carbonyl (C=O) groups is 2. The Hall–Kier alpha value is -4.26. The highest BCUT2D eigenvalue weighted by molar-refractivity contribution is 5.86. The molecule has 0 aromatic heterocycles. The number of hydrogen-bond acceptors (Lipinski definition) is 4. The first-order chi connectivity index (χ1) is 19.9. The summed E-state index contributed by atoms with van der Waals surface area (Å²) in [5.74, 6) is -1.51. The molecular weight excluding hydrogens is 510 g/mol. The van der Waals surface area contributed by atoms with Gasteiger partial charge in [-0.1, -0.05) is 121 Å². The van der Waals surface area contributed by atoms with Gasteiger partial charge in [0.15, 0.2) is 0 Å². The van der Waals surface area contributed by atoms with Crippen LogP contribution in [0.2, 0.25) is 0 Å². The Morgan fingerprint density at radius 2 is 1.27 bits per heavy atom.